The zero-order valence-corrected chi connectivity index (χ0v) is 17.3. The van der Waals surface area contributed by atoms with E-state index in [0.717, 1.165) is 23.1 Å². The maximum Gasteiger partial charge on any atom is 0.116 e. The molecule has 0 bridgehead atoms. The number of benzene rings is 3. The van der Waals surface area contributed by atoms with Crippen LogP contribution in [0.2, 0.25) is 0 Å². The van der Waals surface area contributed by atoms with Crippen LogP contribution in [0.5, 0.6) is 5.75 Å². The smallest absolute Gasteiger partial charge is 0.116 e. The molecule has 1 unspecified atom stereocenters. The second-order valence-corrected chi connectivity index (χ2v) is 8.16. The minimum atomic E-state index is 0.309. The molecule has 0 saturated heterocycles. The standard InChI is InChI=1S/C27H30O/c1-19(2)15-23-9-13-26(14-10-23)21(4)25-11-7-22(8-12-25)5-6-24-16-20(3)17-27(28)18-24/h5-14,16-19,21,28H,15H2,1-4H3/b6-5+. The first-order valence-electron chi connectivity index (χ1n) is 10.1. The molecule has 0 aliphatic carbocycles. The molecule has 0 heterocycles. The van der Waals surface area contributed by atoms with E-state index in [4.69, 9.17) is 0 Å². The lowest BCUT2D eigenvalue weighted by Crippen LogP contribution is -1.98. The van der Waals surface area contributed by atoms with Gasteiger partial charge < -0.3 is 5.11 Å². The number of hydrogen-bond acceptors (Lipinski definition) is 1. The zero-order valence-electron chi connectivity index (χ0n) is 17.3. The maximum atomic E-state index is 9.72. The fourth-order valence-electron chi connectivity index (χ4n) is 3.58. The van der Waals surface area contributed by atoms with Gasteiger partial charge in [0.05, 0.1) is 0 Å². The van der Waals surface area contributed by atoms with Crippen LogP contribution in [0.4, 0.5) is 0 Å². The van der Waals surface area contributed by atoms with Crippen molar-refractivity contribution in [2.75, 3.05) is 0 Å². The van der Waals surface area contributed by atoms with E-state index >= 15 is 0 Å². The Labute approximate surface area is 169 Å². The van der Waals surface area contributed by atoms with Crippen LogP contribution in [0.15, 0.2) is 66.7 Å². The van der Waals surface area contributed by atoms with E-state index in [-0.39, 0.29) is 0 Å². The van der Waals surface area contributed by atoms with Gasteiger partial charge in [0, 0.05) is 5.92 Å². The first-order valence-corrected chi connectivity index (χ1v) is 10.1. The number of phenols is 1. The van der Waals surface area contributed by atoms with Crippen molar-refractivity contribution < 1.29 is 5.11 Å². The van der Waals surface area contributed by atoms with Gasteiger partial charge in [-0.2, -0.15) is 0 Å². The third-order valence-corrected chi connectivity index (χ3v) is 5.11. The molecule has 144 valence electrons. The van der Waals surface area contributed by atoms with Gasteiger partial charge in [-0.3, -0.25) is 0 Å². The summed E-state index contributed by atoms with van der Waals surface area (Å²) in [6.45, 7) is 8.77. The van der Waals surface area contributed by atoms with Crippen molar-refractivity contribution >= 4 is 12.2 Å². The van der Waals surface area contributed by atoms with E-state index in [1.165, 1.54) is 16.7 Å². The Bertz CT molecular complexity index is 911. The molecule has 0 fully saturated rings. The van der Waals surface area contributed by atoms with Crippen LogP contribution in [0.3, 0.4) is 0 Å². The quantitative estimate of drug-likeness (QED) is 0.454. The monoisotopic (exact) mass is 370 g/mol. The highest BCUT2D eigenvalue weighted by molar-refractivity contribution is 5.70. The zero-order chi connectivity index (χ0) is 20.1. The minimum absolute atomic E-state index is 0.309. The van der Waals surface area contributed by atoms with Gasteiger partial charge in [0.15, 0.2) is 0 Å². The fourth-order valence-corrected chi connectivity index (χ4v) is 3.58. The van der Waals surface area contributed by atoms with E-state index in [9.17, 15) is 5.11 Å². The molecule has 0 saturated carbocycles. The summed E-state index contributed by atoms with van der Waals surface area (Å²) in [6.07, 6.45) is 5.26. The molecule has 0 radical (unpaired) electrons. The van der Waals surface area contributed by atoms with Crippen molar-refractivity contribution in [2.45, 2.75) is 40.0 Å². The molecule has 3 rings (SSSR count). The maximum absolute atomic E-state index is 9.72. The van der Waals surface area contributed by atoms with Gasteiger partial charge in [0.2, 0.25) is 0 Å². The average molecular weight is 371 g/mol. The van der Waals surface area contributed by atoms with E-state index in [1.54, 1.807) is 12.1 Å². The van der Waals surface area contributed by atoms with Crippen molar-refractivity contribution in [3.8, 4) is 5.75 Å². The molecule has 0 amide bonds. The van der Waals surface area contributed by atoms with E-state index < -0.39 is 0 Å². The predicted octanol–water partition coefficient (Wildman–Crippen LogP) is 7.22. The Balaban J connectivity index is 1.70. The molecule has 1 atom stereocenters. The second kappa shape index (κ2) is 8.93. The van der Waals surface area contributed by atoms with Crippen LogP contribution >= 0.6 is 0 Å². The Hall–Kier alpha value is -2.80. The topological polar surface area (TPSA) is 20.2 Å². The van der Waals surface area contributed by atoms with Crippen LogP contribution < -0.4 is 0 Å². The Morgan fingerprint density at radius 1 is 0.750 bits per heavy atom. The lowest BCUT2D eigenvalue weighted by molar-refractivity contribution is 0.475. The summed E-state index contributed by atoms with van der Waals surface area (Å²) in [5.74, 6) is 1.37. The number of rotatable bonds is 6. The molecular weight excluding hydrogens is 340 g/mol. The summed E-state index contributed by atoms with van der Waals surface area (Å²) < 4.78 is 0. The Morgan fingerprint density at radius 2 is 1.32 bits per heavy atom. The molecule has 0 spiro atoms. The van der Waals surface area contributed by atoms with Gasteiger partial charge in [-0.05, 0) is 64.8 Å². The normalized spacial score (nSPS) is 12.6. The van der Waals surface area contributed by atoms with Crippen molar-refractivity contribution in [2.24, 2.45) is 5.92 Å². The minimum Gasteiger partial charge on any atom is -0.508 e. The summed E-state index contributed by atoms with van der Waals surface area (Å²) in [5, 5.41) is 9.72. The van der Waals surface area contributed by atoms with Crippen LogP contribution in [0.25, 0.3) is 12.2 Å². The largest absolute Gasteiger partial charge is 0.508 e. The van der Waals surface area contributed by atoms with Crippen molar-refractivity contribution in [3.63, 3.8) is 0 Å². The van der Waals surface area contributed by atoms with E-state index in [1.807, 2.05) is 13.0 Å². The molecule has 1 heteroatoms. The Kier molecular flexibility index (Phi) is 6.36. The molecule has 0 aliphatic heterocycles. The van der Waals surface area contributed by atoms with Crippen molar-refractivity contribution in [1.82, 2.24) is 0 Å². The third kappa shape index (κ3) is 5.36. The van der Waals surface area contributed by atoms with Gasteiger partial charge in [0.25, 0.3) is 0 Å². The van der Waals surface area contributed by atoms with Gasteiger partial charge >= 0.3 is 0 Å². The van der Waals surface area contributed by atoms with Crippen LogP contribution in [-0.4, -0.2) is 5.11 Å². The lowest BCUT2D eigenvalue weighted by Gasteiger charge is -2.14. The van der Waals surface area contributed by atoms with Gasteiger partial charge in [-0.1, -0.05) is 87.5 Å². The van der Waals surface area contributed by atoms with Crippen molar-refractivity contribution in [3.05, 3.63) is 100 Å². The van der Waals surface area contributed by atoms with E-state index in [2.05, 4.69) is 81.4 Å². The number of hydrogen-bond donors (Lipinski definition) is 1. The number of aromatic hydroxyl groups is 1. The number of aryl methyl sites for hydroxylation is 1. The summed E-state index contributed by atoms with van der Waals surface area (Å²) >= 11 is 0. The number of phenolic OH excluding ortho intramolecular Hbond substituents is 1. The van der Waals surface area contributed by atoms with Gasteiger partial charge in [-0.15, -0.1) is 0 Å². The predicted molar refractivity (Wildman–Crippen MR) is 121 cm³/mol. The molecule has 1 nitrogen and oxygen atoms in total. The summed E-state index contributed by atoms with van der Waals surface area (Å²) in [5.41, 5.74) is 7.31. The van der Waals surface area contributed by atoms with Gasteiger partial charge in [0.1, 0.15) is 5.75 Å². The molecular formula is C27H30O. The fraction of sp³-hybridized carbons (Fsp3) is 0.259. The summed E-state index contributed by atoms with van der Waals surface area (Å²) in [7, 11) is 0. The summed E-state index contributed by atoms with van der Waals surface area (Å²) in [6, 6.07) is 23.4. The molecule has 0 aromatic heterocycles. The Morgan fingerprint density at radius 3 is 1.89 bits per heavy atom. The van der Waals surface area contributed by atoms with E-state index in [0.29, 0.717) is 17.6 Å². The molecule has 28 heavy (non-hydrogen) atoms. The SMILES string of the molecule is Cc1cc(O)cc(/C=C/c2ccc(C(C)c3ccc(CC(C)C)cc3)cc2)c1. The van der Waals surface area contributed by atoms with Gasteiger partial charge in [-0.25, -0.2) is 0 Å². The summed E-state index contributed by atoms with van der Waals surface area (Å²) in [4.78, 5) is 0. The highest BCUT2D eigenvalue weighted by Gasteiger charge is 2.08. The van der Waals surface area contributed by atoms with Crippen LogP contribution in [0, 0.1) is 12.8 Å². The third-order valence-electron chi connectivity index (χ3n) is 5.11. The van der Waals surface area contributed by atoms with Crippen LogP contribution in [0.1, 0.15) is 60.1 Å². The highest BCUT2D eigenvalue weighted by atomic mass is 16.3. The van der Waals surface area contributed by atoms with Crippen molar-refractivity contribution in [1.29, 1.82) is 0 Å². The average Bonchev–Trinajstić information content (AvgIpc) is 2.66. The highest BCUT2D eigenvalue weighted by Crippen LogP contribution is 2.26. The molecule has 3 aromatic carbocycles. The first-order chi connectivity index (χ1) is 13.4. The van der Waals surface area contributed by atoms with Crippen LogP contribution in [-0.2, 0) is 6.42 Å². The second-order valence-electron chi connectivity index (χ2n) is 8.16. The molecule has 1 N–H and O–H groups in total. The molecule has 3 aromatic rings. The molecule has 0 aliphatic rings. The lowest BCUT2D eigenvalue weighted by atomic mass is 9.91. The first kappa shape index (κ1) is 19.9.